The Balaban J connectivity index is 2.02. The number of hydrogen-bond acceptors (Lipinski definition) is 3. The molecular weight excluding hydrogens is 262 g/mol. The highest BCUT2D eigenvalue weighted by Crippen LogP contribution is 2.20. The lowest BCUT2D eigenvalue weighted by molar-refractivity contribution is 0.146. The molecule has 2 aromatic rings. The van der Waals surface area contributed by atoms with Crippen molar-refractivity contribution in [1.29, 1.82) is 0 Å². The summed E-state index contributed by atoms with van der Waals surface area (Å²) >= 11 is 0. The van der Waals surface area contributed by atoms with Crippen LogP contribution in [-0.2, 0) is 11.3 Å². The van der Waals surface area contributed by atoms with Crippen molar-refractivity contribution in [2.45, 2.75) is 20.4 Å². The molecule has 0 aromatic heterocycles. The van der Waals surface area contributed by atoms with Gasteiger partial charge in [0.05, 0.1) is 6.61 Å². The van der Waals surface area contributed by atoms with Gasteiger partial charge in [-0.15, -0.1) is 0 Å². The molecule has 0 bridgehead atoms. The van der Waals surface area contributed by atoms with Crippen molar-refractivity contribution >= 4 is 5.69 Å². The van der Waals surface area contributed by atoms with Crippen LogP contribution in [0.2, 0.25) is 0 Å². The first kappa shape index (κ1) is 15.4. The van der Waals surface area contributed by atoms with Gasteiger partial charge < -0.3 is 14.8 Å². The summed E-state index contributed by atoms with van der Waals surface area (Å²) in [5.41, 5.74) is 4.82. The van der Waals surface area contributed by atoms with Crippen molar-refractivity contribution in [2.24, 2.45) is 0 Å². The monoisotopic (exact) mass is 285 g/mol. The molecule has 0 saturated carbocycles. The van der Waals surface area contributed by atoms with Crippen molar-refractivity contribution in [3.05, 3.63) is 59.2 Å². The maximum Gasteiger partial charge on any atom is 0.124 e. The highest BCUT2D eigenvalue weighted by molar-refractivity contribution is 5.49. The highest BCUT2D eigenvalue weighted by atomic mass is 16.5. The van der Waals surface area contributed by atoms with Gasteiger partial charge in [-0.05, 0) is 43.2 Å². The van der Waals surface area contributed by atoms with Gasteiger partial charge in [-0.3, -0.25) is 0 Å². The number of hydrogen-bond donors (Lipinski definition) is 1. The number of benzene rings is 2. The molecule has 0 atom stereocenters. The van der Waals surface area contributed by atoms with Crippen LogP contribution in [0.5, 0.6) is 5.75 Å². The van der Waals surface area contributed by atoms with Crippen LogP contribution in [0, 0.1) is 13.8 Å². The molecule has 0 aliphatic carbocycles. The third-order valence-corrected chi connectivity index (χ3v) is 3.22. The summed E-state index contributed by atoms with van der Waals surface area (Å²) in [6, 6.07) is 14.6. The smallest absolute Gasteiger partial charge is 0.124 e. The molecule has 0 unspecified atom stereocenters. The van der Waals surface area contributed by atoms with Crippen LogP contribution < -0.4 is 10.1 Å². The molecule has 0 fully saturated rings. The third-order valence-electron chi connectivity index (χ3n) is 3.22. The predicted octanol–water partition coefficient (Wildman–Crippen LogP) is 3.94. The second-order valence-electron chi connectivity index (χ2n) is 5.18. The average molecular weight is 285 g/mol. The first-order valence-corrected chi connectivity index (χ1v) is 7.21. The summed E-state index contributed by atoms with van der Waals surface area (Å²) in [4.78, 5) is 0. The van der Waals surface area contributed by atoms with Gasteiger partial charge in [0.2, 0.25) is 0 Å². The number of rotatable bonds is 7. The Labute approximate surface area is 126 Å². The zero-order valence-electron chi connectivity index (χ0n) is 13.0. The van der Waals surface area contributed by atoms with Crippen LogP contribution in [0.4, 0.5) is 5.69 Å². The minimum Gasteiger partial charge on any atom is -0.491 e. The van der Waals surface area contributed by atoms with Gasteiger partial charge in [-0.1, -0.05) is 24.3 Å². The molecule has 112 valence electrons. The fourth-order valence-corrected chi connectivity index (χ4v) is 2.30. The van der Waals surface area contributed by atoms with Gasteiger partial charge in [0, 0.05) is 24.9 Å². The van der Waals surface area contributed by atoms with Gasteiger partial charge in [0.1, 0.15) is 12.4 Å². The number of aryl methyl sites for hydroxylation is 2. The molecule has 3 nitrogen and oxygen atoms in total. The van der Waals surface area contributed by atoms with Crippen LogP contribution >= 0.6 is 0 Å². The molecular formula is C18H23NO2. The molecule has 0 aliphatic heterocycles. The number of ether oxygens (including phenoxy) is 2. The number of methoxy groups -OCH3 is 1. The second kappa shape index (κ2) is 7.70. The third kappa shape index (κ3) is 4.80. The lowest BCUT2D eigenvalue weighted by atomic mass is 10.1. The molecule has 0 aliphatic rings. The van der Waals surface area contributed by atoms with Gasteiger partial charge in [-0.2, -0.15) is 0 Å². The van der Waals surface area contributed by atoms with Crippen molar-refractivity contribution in [3.63, 3.8) is 0 Å². The normalized spacial score (nSPS) is 10.4. The van der Waals surface area contributed by atoms with E-state index in [1.807, 2.05) is 18.2 Å². The second-order valence-corrected chi connectivity index (χ2v) is 5.18. The maximum atomic E-state index is 5.75. The molecule has 0 spiro atoms. The van der Waals surface area contributed by atoms with E-state index in [1.165, 1.54) is 11.1 Å². The Kier molecular flexibility index (Phi) is 5.64. The van der Waals surface area contributed by atoms with E-state index in [4.69, 9.17) is 9.47 Å². The first-order valence-electron chi connectivity index (χ1n) is 7.21. The van der Waals surface area contributed by atoms with Gasteiger partial charge in [0.25, 0.3) is 0 Å². The van der Waals surface area contributed by atoms with E-state index in [0.29, 0.717) is 13.2 Å². The Morgan fingerprint density at radius 3 is 2.38 bits per heavy atom. The number of para-hydroxylation sites is 1. The van der Waals surface area contributed by atoms with E-state index < -0.39 is 0 Å². The minimum atomic E-state index is 0.567. The van der Waals surface area contributed by atoms with Gasteiger partial charge in [-0.25, -0.2) is 0 Å². The van der Waals surface area contributed by atoms with Gasteiger partial charge in [0.15, 0.2) is 0 Å². The molecule has 0 radical (unpaired) electrons. The van der Waals surface area contributed by atoms with Crippen molar-refractivity contribution in [1.82, 2.24) is 0 Å². The van der Waals surface area contributed by atoms with Crippen molar-refractivity contribution < 1.29 is 9.47 Å². The summed E-state index contributed by atoms with van der Waals surface area (Å²) < 4.78 is 10.8. The number of nitrogens with one attached hydrogen (secondary N) is 1. The lowest BCUT2D eigenvalue weighted by Gasteiger charge is -2.13. The zero-order chi connectivity index (χ0) is 15.1. The Bertz CT molecular complexity index is 561. The Morgan fingerprint density at radius 2 is 1.67 bits per heavy atom. The molecule has 3 heteroatoms. The standard InChI is InChI=1S/C18H23NO2/c1-14-10-15(2)12-17(11-14)19-13-16-6-4-5-7-18(16)21-9-8-20-3/h4-7,10-12,19H,8-9,13H2,1-3H3. The Hall–Kier alpha value is -2.00. The summed E-state index contributed by atoms with van der Waals surface area (Å²) in [7, 11) is 1.68. The molecule has 1 N–H and O–H groups in total. The SMILES string of the molecule is COCCOc1ccccc1CNc1cc(C)cc(C)c1. The first-order chi connectivity index (χ1) is 10.2. The van der Waals surface area contributed by atoms with E-state index in [1.54, 1.807) is 7.11 Å². The summed E-state index contributed by atoms with van der Waals surface area (Å²) in [5, 5.41) is 3.46. The van der Waals surface area contributed by atoms with Crippen LogP contribution in [0.25, 0.3) is 0 Å². The lowest BCUT2D eigenvalue weighted by Crippen LogP contribution is -2.08. The number of anilines is 1. The highest BCUT2D eigenvalue weighted by Gasteiger charge is 2.03. The molecule has 2 rings (SSSR count). The summed E-state index contributed by atoms with van der Waals surface area (Å²) in [5.74, 6) is 0.909. The van der Waals surface area contributed by atoms with Crippen molar-refractivity contribution in [2.75, 3.05) is 25.6 Å². The topological polar surface area (TPSA) is 30.5 Å². The van der Waals surface area contributed by atoms with Crippen LogP contribution in [0.3, 0.4) is 0 Å². The van der Waals surface area contributed by atoms with Crippen LogP contribution in [0.1, 0.15) is 16.7 Å². The molecule has 21 heavy (non-hydrogen) atoms. The summed E-state index contributed by atoms with van der Waals surface area (Å²) in [6.07, 6.45) is 0. The van der Waals surface area contributed by atoms with E-state index in [2.05, 4.69) is 43.4 Å². The fraction of sp³-hybridized carbons (Fsp3) is 0.333. The molecule has 0 amide bonds. The van der Waals surface area contributed by atoms with Crippen molar-refractivity contribution in [3.8, 4) is 5.75 Å². The van der Waals surface area contributed by atoms with E-state index in [-0.39, 0.29) is 0 Å². The van der Waals surface area contributed by atoms with E-state index in [0.717, 1.165) is 23.5 Å². The average Bonchev–Trinajstić information content (AvgIpc) is 2.45. The maximum absolute atomic E-state index is 5.75. The fourth-order valence-electron chi connectivity index (χ4n) is 2.30. The predicted molar refractivity (Wildman–Crippen MR) is 87.1 cm³/mol. The van der Waals surface area contributed by atoms with E-state index >= 15 is 0 Å². The van der Waals surface area contributed by atoms with E-state index in [9.17, 15) is 0 Å². The quantitative estimate of drug-likeness (QED) is 0.782. The largest absolute Gasteiger partial charge is 0.491 e. The Morgan fingerprint density at radius 1 is 0.952 bits per heavy atom. The van der Waals surface area contributed by atoms with Gasteiger partial charge >= 0.3 is 0 Å². The van der Waals surface area contributed by atoms with Crippen LogP contribution in [-0.4, -0.2) is 20.3 Å². The zero-order valence-corrected chi connectivity index (χ0v) is 13.0. The molecule has 0 heterocycles. The van der Waals surface area contributed by atoms with Crippen LogP contribution in [0.15, 0.2) is 42.5 Å². The molecule has 0 saturated heterocycles. The minimum absolute atomic E-state index is 0.567. The summed E-state index contributed by atoms with van der Waals surface area (Å²) in [6.45, 7) is 6.13. The molecule has 2 aromatic carbocycles.